The monoisotopic (exact) mass is 525 g/mol. The Morgan fingerprint density at radius 2 is 1.65 bits per heavy atom. The summed E-state index contributed by atoms with van der Waals surface area (Å²) in [6.45, 7) is 13.4. The first-order chi connectivity index (χ1) is 17.0. The van der Waals surface area contributed by atoms with Gasteiger partial charge in [-0.2, -0.15) is 0 Å². The summed E-state index contributed by atoms with van der Waals surface area (Å²) in [5, 5.41) is 21.9. The molecule has 2 aliphatic rings. The lowest BCUT2D eigenvalue weighted by Gasteiger charge is -2.43. The summed E-state index contributed by atoms with van der Waals surface area (Å²) in [6, 6.07) is -0.190. The van der Waals surface area contributed by atoms with Crippen LogP contribution in [-0.2, 0) is 28.6 Å². The standard InChI is InChI=1S/C28H47NO8/c1-14-11-15(2)25(37-27-24(32)21(29(9)10)12-17(4)35-27)18(5)23(31)19(6)26(33)36-20(7)28(8,34)13-16(3)22(14)30/h13-15,17-21,24-25,27,32,34H,11-12H2,1-10H3/b16-13+/t14-,15+,17-,18-,19-,20-,21?,24?,25?,27?,28+/m1/s1. The molecular weight excluding hydrogens is 478 g/mol. The Balaban J connectivity index is 2.46. The molecule has 0 spiro atoms. The topological polar surface area (TPSA) is 123 Å². The second kappa shape index (κ2) is 12.5. The molecule has 0 radical (unpaired) electrons. The minimum Gasteiger partial charge on any atom is -0.459 e. The minimum absolute atomic E-state index is 0.149. The van der Waals surface area contributed by atoms with Crippen LogP contribution in [0.4, 0.5) is 0 Å². The number of hydrogen-bond acceptors (Lipinski definition) is 9. The van der Waals surface area contributed by atoms with Crippen LogP contribution in [0.3, 0.4) is 0 Å². The van der Waals surface area contributed by atoms with Gasteiger partial charge in [0.2, 0.25) is 0 Å². The van der Waals surface area contributed by atoms with E-state index in [1.54, 1.807) is 13.8 Å². The van der Waals surface area contributed by atoms with Crippen LogP contribution in [0, 0.1) is 23.7 Å². The summed E-state index contributed by atoms with van der Waals surface area (Å²) in [4.78, 5) is 41.4. The molecule has 212 valence electrons. The van der Waals surface area contributed by atoms with Crippen molar-refractivity contribution in [2.45, 2.75) is 111 Å². The number of rotatable bonds is 3. The van der Waals surface area contributed by atoms with Gasteiger partial charge in [0.15, 0.2) is 17.9 Å². The molecule has 0 aliphatic carbocycles. The predicted molar refractivity (Wildman–Crippen MR) is 139 cm³/mol. The molecule has 2 aliphatic heterocycles. The number of ketones is 2. The second-order valence-electron chi connectivity index (χ2n) is 11.7. The fourth-order valence-electron chi connectivity index (χ4n) is 5.44. The Morgan fingerprint density at radius 3 is 2.22 bits per heavy atom. The largest absolute Gasteiger partial charge is 0.459 e. The van der Waals surface area contributed by atoms with Crippen LogP contribution in [0.2, 0.25) is 0 Å². The van der Waals surface area contributed by atoms with E-state index >= 15 is 0 Å². The van der Waals surface area contributed by atoms with Crippen LogP contribution >= 0.6 is 0 Å². The number of likely N-dealkylation sites (N-methyl/N-ethyl adjacent to an activating group) is 1. The van der Waals surface area contributed by atoms with Crippen molar-refractivity contribution in [2.75, 3.05) is 14.1 Å². The third kappa shape index (κ3) is 7.47. The molecule has 1 fully saturated rings. The Bertz CT molecular complexity index is 868. The number of nitrogens with zero attached hydrogens (tertiary/aromatic N) is 1. The average Bonchev–Trinajstić information content (AvgIpc) is 2.80. The summed E-state index contributed by atoms with van der Waals surface area (Å²) < 4.78 is 17.8. The van der Waals surface area contributed by atoms with E-state index in [9.17, 15) is 24.6 Å². The molecule has 9 heteroatoms. The molecule has 2 N–H and O–H groups in total. The molecule has 0 saturated carbocycles. The van der Waals surface area contributed by atoms with Crippen LogP contribution in [0.25, 0.3) is 0 Å². The molecule has 1 saturated heterocycles. The van der Waals surface area contributed by atoms with E-state index in [2.05, 4.69) is 0 Å². The van der Waals surface area contributed by atoms with E-state index in [0.717, 1.165) is 0 Å². The molecule has 0 amide bonds. The molecule has 11 atom stereocenters. The van der Waals surface area contributed by atoms with Crippen molar-refractivity contribution in [1.82, 2.24) is 4.90 Å². The smallest absolute Gasteiger partial charge is 0.316 e. The van der Waals surface area contributed by atoms with Gasteiger partial charge in [0.25, 0.3) is 0 Å². The maximum atomic E-state index is 13.5. The van der Waals surface area contributed by atoms with Gasteiger partial charge in [0.1, 0.15) is 23.7 Å². The van der Waals surface area contributed by atoms with Crippen LogP contribution < -0.4 is 0 Å². The molecule has 4 unspecified atom stereocenters. The van der Waals surface area contributed by atoms with Crippen LogP contribution in [0.15, 0.2) is 11.6 Å². The molecule has 2 heterocycles. The van der Waals surface area contributed by atoms with Crippen LogP contribution in [0.1, 0.15) is 68.2 Å². The maximum absolute atomic E-state index is 13.5. The quantitative estimate of drug-likeness (QED) is 0.423. The van der Waals surface area contributed by atoms with Gasteiger partial charge in [-0.05, 0) is 79.1 Å². The second-order valence-corrected chi connectivity index (χ2v) is 11.7. The zero-order valence-corrected chi connectivity index (χ0v) is 24.1. The SMILES string of the molecule is C/C1=C\[C@](C)(O)[C@@H](C)OC(=O)[C@H](C)C(=O)[C@@H](C)C(OC2O[C@H](C)CC(N(C)C)C2O)[C@@H](C)C[C@@H](C)C1=O. The van der Waals surface area contributed by atoms with Gasteiger partial charge in [-0.3, -0.25) is 14.4 Å². The normalized spacial score (nSPS) is 44.7. The van der Waals surface area contributed by atoms with Gasteiger partial charge in [0, 0.05) is 17.9 Å². The first kappa shape index (κ1) is 31.6. The number of Topliss-reactive ketones (excluding diaryl/α,β-unsaturated/α-hetero) is 2. The average molecular weight is 526 g/mol. The zero-order chi connectivity index (χ0) is 28.4. The third-order valence-corrected chi connectivity index (χ3v) is 8.04. The van der Waals surface area contributed by atoms with Crippen molar-refractivity contribution in [3.05, 3.63) is 11.6 Å². The molecule has 37 heavy (non-hydrogen) atoms. The molecule has 9 nitrogen and oxygen atoms in total. The Morgan fingerprint density at radius 1 is 1.05 bits per heavy atom. The first-order valence-electron chi connectivity index (χ1n) is 13.3. The van der Waals surface area contributed by atoms with E-state index in [1.807, 2.05) is 39.8 Å². The van der Waals surface area contributed by atoms with Crippen LogP contribution in [0.5, 0.6) is 0 Å². The number of carbonyl (C=O) groups is 3. The van der Waals surface area contributed by atoms with Crippen LogP contribution in [-0.4, -0.2) is 89.1 Å². The van der Waals surface area contributed by atoms with Crippen molar-refractivity contribution in [2.24, 2.45) is 23.7 Å². The van der Waals surface area contributed by atoms with Gasteiger partial charge in [0.05, 0.1) is 12.2 Å². The van der Waals surface area contributed by atoms with E-state index in [-0.39, 0.29) is 29.6 Å². The summed E-state index contributed by atoms with van der Waals surface area (Å²) in [7, 11) is 3.77. The number of allylic oxidation sites excluding steroid dienone is 1. The van der Waals surface area contributed by atoms with Crippen molar-refractivity contribution in [3.8, 4) is 0 Å². The number of ether oxygens (including phenoxy) is 3. The molecular formula is C28H47NO8. The fourth-order valence-corrected chi connectivity index (χ4v) is 5.44. The minimum atomic E-state index is -1.58. The summed E-state index contributed by atoms with van der Waals surface area (Å²) >= 11 is 0. The van der Waals surface area contributed by atoms with Gasteiger partial charge in [-0.15, -0.1) is 0 Å². The van der Waals surface area contributed by atoms with Gasteiger partial charge < -0.3 is 29.3 Å². The summed E-state index contributed by atoms with van der Waals surface area (Å²) in [6.07, 6.45) is -1.34. The van der Waals surface area contributed by atoms with E-state index in [1.165, 1.54) is 26.8 Å². The van der Waals surface area contributed by atoms with Crippen molar-refractivity contribution < 1.29 is 38.8 Å². The Labute approximate surface area is 221 Å². The maximum Gasteiger partial charge on any atom is 0.316 e. The van der Waals surface area contributed by atoms with Crippen molar-refractivity contribution in [1.29, 1.82) is 0 Å². The lowest BCUT2D eigenvalue weighted by Crippen LogP contribution is -2.56. The van der Waals surface area contributed by atoms with Gasteiger partial charge >= 0.3 is 5.97 Å². The van der Waals surface area contributed by atoms with Crippen molar-refractivity contribution >= 4 is 17.5 Å². The number of esters is 1. The zero-order valence-electron chi connectivity index (χ0n) is 24.1. The number of aliphatic hydroxyl groups is 2. The highest BCUT2D eigenvalue weighted by Gasteiger charge is 2.44. The number of aliphatic hydroxyl groups excluding tert-OH is 1. The highest BCUT2D eigenvalue weighted by Crippen LogP contribution is 2.33. The molecule has 0 aromatic heterocycles. The highest BCUT2D eigenvalue weighted by molar-refractivity contribution is 6.00. The Hall–Kier alpha value is -1.65. The molecule has 0 bridgehead atoms. The number of hydrogen-bond donors (Lipinski definition) is 2. The van der Waals surface area contributed by atoms with Gasteiger partial charge in [-0.25, -0.2) is 0 Å². The molecule has 0 aromatic rings. The lowest BCUT2D eigenvalue weighted by atomic mass is 9.80. The van der Waals surface area contributed by atoms with Gasteiger partial charge in [-0.1, -0.05) is 20.8 Å². The Kier molecular flexibility index (Phi) is 10.6. The van der Waals surface area contributed by atoms with E-state index in [4.69, 9.17) is 14.2 Å². The first-order valence-corrected chi connectivity index (χ1v) is 13.3. The summed E-state index contributed by atoms with van der Waals surface area (Å²) in [5.41, 5.74) is -1.22. The van der Waals surface area contributed by atoms with E-state index < -0.39 is 53.9 Å². The highest BCUT2D eigenvalue weighted by atomic mass is 16.7. The lowest BCUT2D eigenvalue weighted by molar-refractivity contribution is -0.278. The fraction of sp³-hybridized carbons (Fsp3) is 0.821. The third-order valence-electron chi connectivity index (χ3n) is 8.04. The summed E-state index contributed by atoms with van der Waals surface area (Å²) in [5.74, 6) is -3.83. The van der Waals surface area contributed by atoms with E-state index in [0.29, 0.717) is 18.4 Å². The predicted octanol–water partition coefficient (Wildman–Crippen LogP) is 2.51. The number of cyclic esters (lactones) is 1. The number of carbonyl (C=O) groups excluding carboxylic acids is 3. The van der Waals surface area contributed by atoms with Crippen molar-refractivity contribution in [3.63, 3.8) is 0 Å². The molecule has 2 rings (SSSR count). The molecule has 0 aromatic carbocycles.